The van der Waals surface area contributed by atoms with Crippen molar-refractivity contribution in [2.75, 3.05) is 0 Å². The monoisotopic (exact) mass is 244 g/mol. The Bertz CT molecular complexity index is 332. The predicted octanol–water partition coefficient (Wildman–Crippen LogP) is 3.51. The molecule has 1 nitrogen and oxygen atoms in total. The summed E-state index contributed by atoms with van der Waals surface area (Å²) in [5.74, 6) is -0.574. The summed E-state index contributed by atoms with van der Waals surface area (Å²) in [6.45, 7) is 0. The number of rotatable bonds is 2. The second kappa shape index (κ2) is 3.88. The first-order valence-corrected chi connectivity index (χ1v) is 4.10. The van der Waals surface area contributed by atoms with Crippen LogP contribution in [0.1, 0.15) is 0 Å². The molecular weight excluding hydrogens is 239 g/mol. The molecule has 0 saturated heterocycles. The molecule has 0 atom stereocenters. The van der Waals surface area contributed by atoms with Gasteiger partial charge in [-0.2, -0.15) is 22.0 Å². The van der Waals surface area contributed by atoms with Gasteiger partial charge in [-0.3, -0.25) is 0 Å². The molecule has 1 rings (SSSR count). The van der Waals surface area contributed by atoms with Crippen molar-refractivity contribution >= 4 is 12.6 Å². The van der Waals surface area contributed by atoms with Crippen LogP contribution in [0.15, 0.2) is 29.2 Å². The van der Waals surface area contributed by atoms with Gasteiger partial charge in [0.25, 0.3) is 0 Å². The van der Waals surface area contributed by atoms with Gasteiger partial charge in [0.15, 0.2) is 0 Å². The lowest BCUT2D eigenvalue weighted by Gasteiger charge is -2.19. The highest BCUT2D eigenvalue weighted by atomic mass is 32.1. The van der Waals surface area contributed by atoms with Crippen molar-refractivity contribution in [2.45, 2.75) is 17.2 Å². The first-order chi connectivity index (χ1) is 6.72. The van der Waals surface area contributed by atoms with E-state index in [0.29, 0.717) is 4.90 Å². The minimum Gasteiger partial charge on any atom is -0.426 e. The average molecular weight is 244 g/mol. The Balaban J connectivity index is 2.82. The zero-order valence-electron chi connectivity index (χ0n) is 7.05. The van der Waals surface area contributed by atoms with Gasteiger partial charge in [-0.25, -0.2) is 0 Å². The molecule has 0 amide bonds. The maximum atomic E-state index is 12.4. The number of benzene rings is 1. The highest BCUT2D eigenvalue weighted by molar-refractivity contribution is 7.80. The number of hydrogen-bond acceptors (Lipinski definition) is 2. The van der Waals surface area contributed by atoms with Crippen LogP contribution in [0.25, 0.3) is 0 Å². The maximum absolute atomic E-state index is 12.4. The predicted molar refractivity (Wildman–Crippen MR) is 45.3 cm³/mol. The van der Waals surface area contributed by atoms with Gasteiger partial charge in [0.05, 0.1) is 0 Å². The zero-order valence-corrected chi connectivity index (χ0v) is 7.95. The van der Waals surface area contributed by atoms with Crippen LogP contribution in [-0.2, 0) is 0 Å². The summed E-state index contributed by atoms with van der Waals surface area (Å²) in [7, 11) is 0. The summed E-state index contributed by atoms with van der Waals surface area (Å²) in [5, 5.41) is 0. The highest BCUT2D eigenvalue weighted by Crippen LogP contribution is 2.37. The summed E-state index contributed by atoms with van der Waals surface area (Å²) < 4.78 is 63.4. The number of hydrogen-bond donors (Lipinski definition) is 1. The Morgan fingerprint density at radius 2 is 1.40 bits per heavy atom. The molecule has 0 aliphatic heterocycles. The Kier molecular flexibility index (Phi) is 3.13. The van der Waals surface area contributed by atoms with E-state index in [4.69, 9.17) is 0 Å². The first-order valence-electron chi connectivity index (χ1n) is 3.65. The van der Waals surface area contributed by atoms with Crippen molar-refractivity contribution in [2.24, 2.45) is 0 Å². The zero-order chi connectivity index (χ0) is 11.7. The van der Waals surface area contributed by atoms with Crippen LogP contribution in [0.5, 0.6) is 5.75 Å². The lowest BCUT2D eigenvalue weighted by atomic mass is 10.3. The molecule has 0 N–H and O–H groups in total. The second-order valence-electron chi connectivity index (χ2n) is 2.61. The van der Waals surface area contributed by atoms with Crippen LogP contribution < -0.4 is 4.74 Å². The Morgan fingerprint density at radius 3 is 1.80 bits per heavy atom. The Hall–Kier alpha value is -0.980. The van der Waals surface area contributed by atoms with E-state index in [9.17, 15) is 22.0 Å². The minimum atomic E-state index is -5.73. The van der Waals surface area contributed by atoms with E-state index in [1.165, 1.54) is 12.1 Å². The molecule has 0 unspecified atom stereocenters. The number of alkyl halides is 5. The van der Waals surface area contributed by atoms with Crippen LogP contribution in [0.3, 0.4) is 0 Å². The van der Waals surface area contributed by atoms with Gasteiger partial charge < -0.3 is 4.74 Å². The fourth-order valence-electron chi connectivity index (χ4n) is 0.720. The normalized spacial score (nSPS) is 12.7. The Labute approximate surface area is 87.3 Å². The van der Waals surface area contributed by atoms with Crippen molar-refractivity contribution in [1.29, 1.82) is 0 Å². The lowest BCUT2D eigenvalue weighted by Crippen LogP contribution is -2.41. The van der Waals surface area contributed by atoms with E-state index < -0.39 is 18.0 Å². The van der Waals surface area contributed by atoms with Crippen molar-refractivity contribution in [1.82, 2.24) is 0 Å². The molecule has 0 bridgehead atoms. The molecule has 84 valence electrons. The molecule has 0 fully saturated rings. The topological polar surface area (TPSA) is 9.23 Å². The maximum Gasteiger partial charge on any atom is 0.499 e. The molecule has 0 aromatic heterocycles. The number of thiol groups is 1. The molecule has 0 aliphatic carbocycles. The third kappa shape index (κ3) is 2.98. The van der Waals surface area contributed by atoms with Crippen molar-refractivity contribution < 1.29 is 26.7 Å². The summed E-state index contributed by atoms with van der Waals surface area (Å²) in [4.78, 5) is 0.428. The fraction of sp³-hybridized carbons (Fsp3) is 0.250. The van der Waals surface area contributed by atoms with Crippen LogP contribution in [-0.4, -0.2) is 12.3 Å². The van der Waals surface area contributed by atoms with Crippen molar-refractivity contribution in [3.8, 4) is 5.75 Å². The quantitative estimate of drug-likeness (QED) is 0.618. The fourth-order valence-corrected chi connectivity index (χ4v) is 0.869. The van der Waals surface area contributed by atoms with Crippen LogP contribution in [0.4, 0.5) is 22.0 Å². The van der Waals surface area contributed by atoms with Crippen LogP contribution >= 0.6 is 12.6 Å². The largest absolute Gasteiger partial charge is 0.499 e. The standard InChI is InChI=1S/C8H5F5OS/c9-7(10,11)8(12,13)14-5-1-3-6(15)4-2-5/h1-4,15H. The second-order valence-corrected chi connectivity index (χ2v) is 3.13. The van der Waals surface area contributed by atoms with E-state index in [0.717, 1.165) is 12.1 Å². The lowest BCUT2D eigenvalue weighted by molar-refractivity contribution is -0.360. The molecule has 0 spiro atoms. The Morgan fingerprint density at radius 1 is 0.933 bits per heavy atom. The van der Waals surface area contributed by atoms with Gasteiger partial charge >= 0.3 is 12.3 Å². The molecule has 0 heterocycles. The van der Waals surface area contributed by atoms with Gasteiger partial charge in [-0.1, -0.05) is 0 Å². The summed E-state index contributed by atoms with van der Waals surface area (Å²) in [6.07, 6.45) is -10.9. The van der Waals surface area contributed by atoms with E-state index in [1.807, 2.05) is 0 Å². The SMILES string of the molecule is FC(F)(F)C(F)(F)Oc1ccc(S)cc1. The van der Waals surface area contributed by atoms with Gasteiger partial charge in [-0.05, 0) is 24.3 Å². The average Bonchev–Trinajstić information content (AvgIpc) is 2.06. The van der Waals surface area contributed by atoms with Gasteiger partial charge in [0, 0.05) is 4.90 Å². The van der Waals surface area contributed by atoms with Gasteiger partial charge in [0.2, 0.25) is 0 Å². The third-order valence-electron chi connectivity index (χ3n) is 1.41. The highest BCUT2D eigenvalue weighted by Gasteiger charge is 2.61. The van der Waals surface area contributed by atoms with E-state index in [1.54, 1.807) is 0 Å². The van der Waals surface area contributed by atoms with Crippen molar-refractivity contribution in [3.63, 3.8) is 0 Å². The molecule has 0 saturated carbocycles. The van der Waals surface area contributed by atoms with Crippen LogP contribution in [0.2, 0.25) is 0 Å². The van der Waals surface area contributed by atoms with Gasteiger partial charge in [0.1, 0.15) is 5.75 Å². The number of halogens is 5. The van der Waals surface area contributed by atoms with Crippen LogP contribution in [0, 0.1) is 0 Å². The molecule has 15 heavy (non-hydrogen) atoms. The molecule has 7 heteroatoms. The molecule has 0 radical (unpaired) electrons. The number of ether oxygens (including phenoxy) is 1. The summed E-state index contributed by atoms with van der Waals surface area (Å²) >= 11 is 3.83. The van der Waals surface area contributed by atoms with E-state index in [-0.39, 0.29) is 0 Å². The first kappa shape index (κ1) is 12.1. The van der Waals surface area contributed by atoms with E-state index >= 15 is 0 Å². The minimum absolute atomic E-state index is 0.428. The third-order valence-corrected chi connectivity index (χ3v) is 1.71. The smallest absolute Gasteiger partial charge is 0.426 e. The molecule has 1 aromatic rings. The summed E-state index contributed by atoms with van der Waals surface area (Å²) in [5.41, 5.74) is 0. The molecule has 0 aliphatic rings. The molecule has 1 aromatic carbocycles. The summed E-state index contributed by atoms with van der Waals surface area (Å²) in [6, 6.07) is 4.43. The van der Waals surface area contributed by atoms with E-state index in [2.05, 4.69) is 17.4 Å². The van der Waals surface area contributed by atoms with Crippen molar-refractivity contribution in [3.05, 3.63) is 24.3 Å². The van der Waals surface area contributed by atoms with Gasteiger partial charge in [-0.15, -0.1) is 12.6 Å². The molecular formula is C8H5F5OS.